The number of nitrogens with zero attached hydrogens (tertiary/aromatic N) is 6. The van der Waals surface area contributed by atoms with Crippen molar-refractivity contribution in [2.24, 2.45) is 5.92 Å². The van der Waals surface area contributed by atoms with E-state index in [1.54, 1.807) is 24.9 Å². The molecular formula is C18H21N7O3. The summed E-state index contributed by atoms with van der Waals surface area (Å²) in [6, 6.07) is 9.44. The third-order valence-corrected chi connectivity index (χ3v) is 4.25. The summed E-state index contributed by atoms with van der Waals surface area (Å²) >= 11 is 0. The predicted molar refractivity (Wildman–Crippen MR) is 102 cm³/mol. The third kappa shape index (κ3) is 4.58. The number of aryl methyl sites for hydroxylation is 2. The quantitative estimate of drug-likeness (QED) is 0.494. The van der Waals surface area contributed by atoms with Crippen LogP contribution >= 0.6 is 0 Å². The minimum atomic E-state index is -0.557. The van der Waals surface area contributed by atoms with E-state index in [0.717, 1.165) is 11.1 Å². The molecule has 0 aliphatic carbocycles. The average Bonchev–Trinajstić information content (AvgIpc) is 3.22. The summed E-state index contributed by atoms with van der Waals surface area (Å²) in [5.74, 6) is -0.776. The van der Waals surface area contributed by atoms with E-state index in [0.29, 0.717) is 12.2 Å². The van der Waals surface area contributed by atoms with Crippen LogP contribution < -0.4 is 5.32 Å². The smallest absolute Gasteiger partial charge is 0.358 e. The fourth-order valence-electron chi connectivity index (χ4n) is 2.77. The van der Waals surface area contributed by atoms with Crippen LogP contribution in [0.15, 0.2) is 36.7 Å². The van der Waals surface area contributed by atoms with Crippen molar-refractivity contribution in [1.82, 2.24) is 24.5 Å². The van der Waals surface area contributed by atoms with Gasteiger partial charge < -0.3 is 10.1 Å². The Morgan fingerprint density at radius 2 is 2.07 bits per heavy atom. The third-order valence-electron chi connectivity index (χ3n) is 4.25. The van der Waals surface area contributed by atoms with Crippen LogP contribution in [0.2, 0.25) is 0 Å². The first kappa shape index (κ1) is 19.2. The predicted octanol–water partition coefficient (Wildman–Crippen LogP) is 2.32. The van der Waals surface area contributed by atoms with Gasteiger partial charge in [0.25, 0.3) is 0 Å². The summed E-state index contributed by atoms with van der Waals surface area (Å²) in [6.45, 7) is 6.21. The molecular weight excluding hydrogens is 362 g/mol. The molecule has 1 aromatic carbocycles. The van der Waals surface area contributed by atoms with Crippen molar-refractivity contribution in [1.29, 1.82) is 0 Å². The number of rotatable bonds is 7. The average molecular weight is 383 g/mol. The van der Waals surface area contributed by atoms with Crippen LogP contribution in [-0.4, -0.2) is 35.4 Å². The first-order chi connectivity index (χ1) is 13.3. The topological polar surface area (TPSA) is 121 Å². The van der Waals surface area contributed by atoms with Crippen molar-refractivity contribution >= 4 is 17.7 Å². The number of amides is 1. The highest BCUT2D eigenvalue weighted by Gasteiger charge is 2.21. The molecule has 10 nitrogen and oxygen atoms in total. The molecule has 0 aliphatic heterocycles. The van der Waals surface area contributed by atoms with E-state index in [-0.39, 0.29) is 24.2 Å². The molecule has 1 unspecified atom stereocenters. The zero-order valence-electron chi connectivity index (χ0n) is 15.9. The Morgan fingerprint density at radius 3 is 2.75 bits per heavy atom. The van der Waals surface area contributed by atoms with Gasteiger partial charge in [-0.15, -0.1) is 5.10 Å². The number of aromatic nitrogens is 5. The van der Waals surface area contributed by atoms with Gasteiger partial charge in [0, 0.05) is 0 Å². The van der Waals surface area contributed by atoms with Crippen molar-refractivity contribution in [3.8, 4) is 0 Å². The van der Waals surface area contributed by atoms with Gasteiger partial charge in [0.05, 0.1) is 35.9 Å². The molecule has 2 heterocycles. The molecule has 0 fully saturated rings. The van der Waals surface area contributed by atoms with Crippen LogP contribution in [-0.2, 0) is 17.9 Å². The van der Waals surface area contributed by atoms with Gasteiger partial charge in [-0.25, -0.2) is 9.67 Å². The molecule has 10 heteroatoms. The zero-order valence-corrected chi connectivity index (χ0v) is 15.9. The lowest BCUT2D eigenvalue weighted by Gasteiger charge is -2.09. The van der Waals surface area contributed by atoms with Gasteiger partial charge in [-0.3, -0.25) is 10.1 Å². The van der Waals surface area contributed by atoms with Crippen LogP contribution in [0.3, 0.4) is 0 Å². The van der Waals surface area contributed by atoms with Gasteiger partial charge in [0.2, 0.25) is 11.9 Å². The maximum atomic E-state index is 12.4. The minimum absolute atomic E-state index is 0.215. The van der Waals surface area contributed by atoms with Crippen molar-refractivity contribution < 1.29 is 9.72 Å². The number of benzene rings is 1. The maximum absolute atomic E-state index is 12.4. The Bertz CT molecular complexity index is 1010. The first-order valence-corrected chi connectivity index (χ1v) is 8.76. The highest BCUT2D eigenvalue weighted by atomic mass is 16.6. The lowest BCUT2D eigenvalue weighted by Crippen LogP contribution is -2.25. The lowest BCUT2D eigenvalue weighted by molar-refractivity contribution is -0.389. The van der Waals surface area contributed by atoms with Gasteiger partial charge in [-0.05, 0) is 24.3 Å². The van der Waals surface area contributed by atoms with Gasteiger partial charge >= 0.3 is 5.82 Å². The second-order valence-electron chi connectivity index (χ2n) is 6.73. The molecule has 3 rings (SSSR count). The molecule has 0 radical (unpaired) electrons. The van der Waals surface area contributed by atoms with Crippen LogP contribution in [0, 0.1) is 29.9 Å². The number of hydrogen-bond donors (Lipinski definition) is 1. The molecule has 0 saturated heterocycles. The van der Waals surface area contributed by atoms with Crippen LogP contribution in [0.25, 0.3) is 0 Å². The molecule has 146 valence electrons. The van der Waals surface area contributed by atoms with E-state index in [1.807, 2.05) is 25.1 Å². The molecule has 28 heavy (non-hydrogen) atoms. The Morgan fingerprint density at radius 1 is 1.29 bits per heavy atom. The van der Waals surface area contributed by atoms with Crippen molar-refractivity contribution in [2.45, 2.75) is 33.9 Å². The molecule has 3 aromatic rings. The van der Waals surface area contributed by atoms with Gasteiger partial charge in [0.15, 0.2) is 0 Å². The van der Waals surface area contributed by atoms with Gasteiger partial charge in [-0.1, -0.05) is 36.8 Å². The van der Waals surface area contributed by atoms with Crippen LogP contribution in [0.4, 0.5) is 11.8 Å². The zero-order chi connectivity index (χ0) is 20.3. The van der Waals surface area contributed by atoms with E-state index in [2.05, 4.69) is 26.6 Å². The summed E-state index contributed by atoms with van der Waals surface area (Å²) in [7, 11) is 0. The molecule has 0 bridgehead atoms. The summed E-state index contributed by atoms with van der Waals surface area (Å²) in [6.07, 6.45) is 1.56. The van der Waals surface area contributed by atoms with Gasteiger partial charge in [0.1, 0.15) is 6.33 Å². The van der Waals surface area contributed by atoms with Gasteiger partial charge in [-0.2, -0.15) is 4.68 Å². The number of carbonyl (C=O) groups is 1. The normalized spacial score (nSPS) is 12.0. The fraction of sp³-hybridized carbons (Fsp3) is 0.333. The SMILES string of the molecule is Cc1cccc(Cn2cnc(NC(=O)C(C)Cn3nc([N+](=O)[O-])cc3C)n2)c1. The molecule has 0 saturated carbocycles. The highest BCUT2D eigenvalue weighted by Crippen LogP contribution is 2.14. The van der Waals surface area contributed by atoms with Crippen LogP contribution in [0.1, 0.15) is 23.7 Å². The van der Waals surface area contributed by atoms with E-state index in [9.17, 15) is 14.9 Å². The molecule has 0 spiro atoms. The lowest BCUT2D eigenvalue weighted by atomic mass is 10.1. The number of nitrogens with one attached hydrogen (secondary N) is 1. The minimum Gasteiger partial charge on any atom is -0.358 e. The summed E-state index contributed by atoms with van der Waals surface area (Å²) in [5, 5.41) is 21.7. The van der Waals surface area contributed by atoms with Crippen molar-refractivity contribution in [2.75, 3.05) is 5.32 Å². The summed E-state index contributed by atoms with van der Waals surface area (Å²) in [5.41, 5.74) is 2.87. The van der Waals surface area contributed by atoms with Crippen LogP contribution in [0.5, 0.6) is 0 Å². The Labute approximate surface area is 161 Å². The van der Waals surface area contributed by atoms with E-state index >= 15 is 0 Å². The summed E-state index contributed by atoms with van der Waals surface area (Å²) in [4.78, 5) is 26.8. The Hall–Kier alpha value is -3.56. The standard InChI is InChI=1S/C18H21N7O3/c1-12-5-4-6-15(7-12)10-23-11-19-18(22-23)20-17(26)13(2)9-24-14(3)8-16(21-24)25(27)28/h4-8,11,13H,9-10H2,1-3H3,(H,20,22,26). The number of hydrogen-bond acceptors (Lipinski definition) is 6. The van der Waals surface area contributed by atoms with E-state index < -0.39 is 10.8 Å². The second-order valence-corrected chi connectivity index (χ2v) is 6.73. The van der Waals surface area contributed by atoms with E-state index in [1.165, 1.54) is 10.7 Å². The second kappa shape index (κ2) is 7.99. The highest BCUT2D eigenvalue weighted by molar-refractivity contribution is 5.90. The Kier molecular flexibility index (Phi) is 5.48. The molecule has 0 aliphatic rings. The van der Waals surface area contributed by atoms with E-state index in [4.69, 9.17) is 0 Å². The maximum Gasteiger partial charge on any atom is 0.390 e. The number of nitro groups is 1. The first-order valence-electron chi connectivity index (χ1n) is 8.76. The Balaban J connectivity index is 1.60. The molecule has 2 aromatic heterocycles. The molecule has 1 atom stereocenters. The largest absolute Gasteiger partial charge is 0.390 e. The number of carbonyl (C=O) groups excluding carboxylic acids is 1. The molecule has 1 N–H and O–H groups in total. The fourth-order valence-corrected chi connectivity index (χ4v) is 2.77. The molecule has 1 amide bonds. The monoisotopic (exact) mass is 383 g/mol. The summed E-state index contributed by atoms with van der Waals surface area (Å²) < 4.78 is 3.10. The number of anilines is 1. The van der Waals surface area contributed by atoms with Crippen molar-refractivity contribution in [3.05, 3.63) is 63.6 Å². The van der Waals surface area contributed by atoms with Crippen molar-refractivity contribution in [3.63, 3.8) is 0 Å².